The quantitative estimate of drug-likeness (QED) is 0.309. The number of ether oxygens (including phenoxy) is 1. The number of anilines is 1. The van der Waals surface area contributed by atoms with Crippen LogP contribution in [0.4, 0.5) is 19.4 Å². The van der Waals surface area contributed by atoms with Crippen LogP contribution in [0.15, 0.2) is 47.1 Å². The third kappa shape index (κ3) is 6.87. The molecule has 2 amide bonds. The molecule has 0 radical (unpaired) electrons. The van der Waals surface area contributed by atoms with Crippen LogP contribution in [-0.4, -0.2) is 46.8 Å². The fourth-order valence-corrected chi connectivity index (χ4v) is 5.16. The van der Waals surface area contributed by atoms with Gasteiger partial charge in [-0.15, -0.1) is 0 Å². The molecule has 1 aliphatic rings. The van der Waals surface area contributed by atoms with Crippen LogP contribution in [0.1, 0.15) is 59.3 Å². The average Bonchev–Trinajstić information content (AvgIpc) is 2.91. The Hall–Kier alpha value is -3.64. The van der Waals surface area contributed by atoms with Crippen molar-refractivity contribution in [3.05, 3.63) is 75.5 Å². The van der Waals surface area contributed by atoms with Crippen LogP contribution in [0.25, 0.3) is 11.3 Å². The molecule has 1 aromatic heterocycles. The molecule has 1 aliphatic carbocycles. The number of carbonyl (C=O) groups excluding carboxylic acids is 2. The maximum atomic E-state index is 15.1. The molecular weight excluding hydrogens is 576 g/mol. The van der Waals surface area contributed by atoms with Gasteiger partial charge in [-0.2, -0.15) is 0 Å². The second kappa shape index (κ2) is 12.5. The number of nitrogen functional groups attached to an aromatic ring is 1. The molecule has 3 aromatic rings. The molecule has 1 fully saturated rings. The van der Waals surface area contributed by atoms with E-state index in [1.165, 1.54) is 31.4 Å². The largest absolute Gasteiger partial charge is 0.453 e. The molecule has 0 bridgehead atoms. The summed E-state index contributed by atoms with van der Waals surface area (Å²) in [6.45, 7) is -0.513. The van der Waals surface area contributed by atoms with Gasteiger partial charge in [0.25, 0.3) is 5.91 Å². The lowest BCUT2D eigenvalue weighted by Crippen LogP contribution is -2.37. The third-order valence-corrected chi connectivity index (χ3v) is 7.19. The molecule has 4 rings (SSSR count). The molecule has 1 atom stereocenters. The first kappa shape index (κ1) is 28.4. The molecule has 1 saturated carbocycles. The second-order valence-corrected chi connectivity index (χ2v) is 10.2. The Kier molecular flexibility index (Phi) is 9.08. The Morgan fingerprint density at radius 3 is 2.56 bits per heavy atom. The third-order valence-electron chi connectivity index (χ3n) is 6.73. The molecule has 206 valence electrons. The van der Waals surface area contributed by atoms with Gasteiger partial charge >= 0.3 is 6.09 Å². The highest BCUT2D eigenvalue weighted by atomic mass is 79.9. The van der Waals surface area contributed by atoms with Crippen molar-refractivity contribution in [2.75, 3.05) is 19.5 Å². The Morgan fingerprint density at radius 1 is 1.18 bits per heavy atom. The van der Waals surface area contributed by atoms with E-state index in [0.717, 1.165) is 31.7 Å². The summed E-state index contributed by atoms with van der Waals surface area (Å²) in [5, 5.41) is 15.1. The summed E-state index contributed by atoms with van der Waals surface area (Å²) in [6, 6.07) is 7.04. The maximum Gasteiger partial charge on any atom is 0.407 e. The van der Waals surface area contributed by atoms with Gasteiger partial charge in [0.15, 0.2) is 0 Å². The van der Waals surface area contributed by atoms with Gasteiger partial charge in [0.1, 0.15) is 23.1 Å². The zero-order valence-electron chi connectivity index (χ0n) is 21.1. The van der Waals surface area contributed by atoms with Crippen LogP contribution in [0, 0.1) is 11.6 Å². The van der Waals surface area contributed by atoms with Crippen LogP contribution < -0.4 is 16.4 Å². The number of nitrogens with zero attached hydrogens (tertiary/aromatic N) is 2. The minimum absolute atomic E-state index is 0.0237. The highest BCUT2D eigenvalue weighted by Crippen LogP contribution is 2.34. The van der Waals surface area contributed by atoms with E-state index in [0.29, 0.717) is 27.0 Å². The van der Waals surface area contributed by atoms with E-state index >= 15 is 4.39 Å². The maximum absolute atomic E-state index is 15.1. The normalized spacial score (nSPS) is 17.8. The lowest BCUT2D eigenvalue weighted by atomic mass is 9.84. The van der Waals surface area contributed by atoms with Gasteiger partial charge < -0.3 is 26.2 Å². The Morgan fingerprint density at radius 2 is 1.92 bits per heavy atom. The lowest BCUT2D eigenvalue weighted by molar-refractivity contribution is 0.0912. The number of amides is 2. The number of halogens is 3. The average molecular weight is 604 g/mol. The molecule has 0 saturated heterocycles. The molecule has 39 heavy (non-hydrogen) atoms. The summed E-state index contributed by atoms with van der Waals surface area (Å²) in [4.78, 5) is 33.2. The SMILES string of the molecule is COC(=O)NC1CCC(c2cnc(N)c(-c3ccc(C(=O)NC(CO)c4cc(F)cc(Br)c4)c(F)c3)n2)CC1. The summed E-state index contributed by atoms with van der Waals surface area (Å²) >= 11 is 3.18. The molecule has 9 nitrogen and oxygen atoms in total. The number of nitrogens with one attached hydrogen (secondary N) is 2. The number of aromatic nitrogens is 2. The second-order valence-electron chi connectivity index (χ2n) is 9.32. The number of aliphatic hydroxyl groups is 1. The molecule has 12 heteroatoms. The number of rotatable bonds is 7. The van der Waals surface area contributed by atoms with Gasteiger partial charge in [0.05, 0.1) is 37.2 Å². The Labute approximate surface area is 232 Å². The summed E-state index contributed by atoms with van der Waals surface area (Å²) in [5.74, 6) is -1.92. The number of carbonyl (C=O) groups is 2. The predicted molar refractivity (Wildman–Crippen MR) is 144 cm³/mol. The molecular formula is C27H28BrF2N5O4. The van der Waals surface area contributed by atoms with Crippen molar-refractivity contribution in [1.82, 2.24) is 20.6 Å². The number of hydrogen-bond acceptors (Lipinski definition) is 7. The van der Waals surface area contributed by atoms with Gasteiger partial charge in [-0.3, -0.25) is 4.79 Å². The monoisotopic (exact) mass is 603 g/mol. The molecule has 2 aromatic carbocycles. The van der Waals surface area contributed by atoms with Crippen molar-refractivity contribution < 1.29 is 28.2 Å². The minimum Gasteiger partial charge on any atom is -0.453 e. The van der Waals surface area contributed by atoms with Gasteiger partial charge in [-0.05, 0) is 61.6 Å². The predicted octanol–water partition coefficient (Wildman–Crippen LogP) is 4.61. The van der Waals surface area contributed by atoms with Crippen LogP contribution in [0.2, 0.25) is 0 Å². The van der Waals surface area contributed by atoms with Crippen molar-refractivity contribution in [2.24, 2.45) is 0 Å². The van der Waals surface area contributed by atoms with Gasteiger partial charge in [-0.1, -0.05) is 22.0 Å². The highest BCUT2D eigenvalue weighted by molar-refractivity contribution is 9.10. The smallest absolute Gasteiger partial charge is 0.407 e. The van der Waals surface area contributed by atoms with Gasteiger partial charge in [0, 0.05) is 22.0 Å². The Balaban J connectivity index is 1.49. The van der Waals surface area contributed by atoms with Crippen LogP contribution in [0.5, 0.6) is 0 Å². The summed E-state index contributed by atoms with van der Waals surface area (Å²) in [7, 11) is 1.33. The summed E-state index contributed by atoms with van der Waals surface area (Å²) < 4.78 is 34.0. The van der Waals surface area contributed by atoms with Crippen molar-refractivity contribution in [3.8, 4) is 11.3 Å². The van der Waals surface area contributed by atoms with Crippen molar-refractivity contribution in [1.29, 1.82) is 0 Å². The molecule has 1 heterocycles. The van der Waals surface area contributed by atoms with Gasteiger partial charge in [-0.25, -0.2) is 23.5 Å². The number of nitrogens with two attached hydrogens (primary N) is 1. The highest BCUT2D eigenvalue weighted by Gasteiger charge is 2.26. The number of alkyl carbamates (subject to hydrolysis) is 1. The molecule has 1 unspecified atom stereocenters. The molecule has 5 N–H and O–H groups in total. The van der Waals surface area contributed by atoms with Crippen molar-refractivity contribution in [2.45, 2.75) is 43.7 Å². The Bertz CT molecular complexity index is 1350. The first-order valence-electron chi connectivity index (χ1n) is 12.3. The van der Waals surface area contributed by atoms with E-state index in [9.17, 15) is 19.1 Å². The van der Waals surface area contributed by atoms with Crippen LogP contribution in [0.3, 0.4) is 0 Å². The van der Waals surface area contributed by atoms with Gasteiger partial charge in [0.2, 0.25) is 0 Å². The number of benzene rings is 2. The fraction of sp³-hybridized carbons (Fsp3) is 0.333. The lowest BCUT2D eigenvalue weighted by Gasteiger charge is -2.28. The first-order chi connectivity index (χ1) is 18.7. The number of methoxy groups -OCH3 is 1. The van der Waals surface area contributed by atoms with E-state index in [-0.39, 0.29) is 23.3 Å². The minimum atomic E-state index is -0.945. The standard InChI is InChI=1S/C27H28BrF2N5O4/c1-39-27(38)33-19-5-2-14(3-6-19)22-12-32-25(31)24(34-22)15-4-7-20(21(30)10-15)26(37)35-23(13-36)16-8-17(28)11-18(29)9-16/h4,7-12,14,19,23,36H,2-3,5-6,13H2,1H3,(H2,31,32)(H,33,38)(H,35,37). The van der Waals surface area contributed by atoms with E-state index in [4.69, 9.17) is 5.73 Å². The molecule has 0 spiro atoms. The number of hydrogen-bond donors (Lipinski definition) is 4. The van der Waals surface area contributed by atoms with Crippen LogP contribution >= 0.6 is 15.9 Å². The van der Waals surface area contributed by atoms with E-state index < -0.39 is 36.3 Å². The van der Waals surface area contributed by atoms with E-state index in [1.54, 1.807) is 12.3 Å². The fourth-order valence-electron chi connectivity index (χ4n) is 4.67. The number of aliphatic hydroxyl groups excluding tert-OH is 1. The van der Waals surface area contributed by atoms with E-state index in [2.05, 4.69) is 41.3 Å². The first-order valence-corrected chi connectivity index (χ1v) is 13.1. The zero-order chi connectivity index (χ0) is 28.1. The van der Waals surface area contributed by atoms with Crippen molar-refractivity contribution in [3.63, 3.8) is 0 Å². The van der Waals surface area contributed by atoms with Crippen LogP contribution in [-0.2, 0) is 4.74 Å². The molecule has 0 aliphatic heterocycles. The topological polar surface area (TPSA) is 139 Å². The summed E-state index contributed by atoms with van der Waals surface area (Å²) in [6.07, 6.45) is 4.20. The zero-order valence-corrected chi connectivity index (χ0v) is 22.7. The summed E-state index contributed by atoms with van der Waals surface area (Å²) in [5.41, 5.74) is 7.49. The van der Waals surface area contributed by atoms with E-state index in [1.807, 2.05) is 0 Å². The van der Waals surface area contributed by atoms with Crippen molar-refractivity contribution >= 4 is 33.7 Å².